The van der Waals surface area contributed by atoms with Gasteiger partial charge in [0.25, 0.3) is 6.01 Å². The fourth-order valence-corrected chi connectivity index (χ4v) is 4.58. The number of oxazole rings is 1. The molecule has 1 saturated carbocycles. The summed E-state index contributed by atoms with van der Waals surface area (Å²) in [5, 5.41) is 9.20. The van der Waals surface area contributed by atoms with Crippen LogP contribution in [0, 0.1) is 5.92 Å². The Morgan fingerprint density at radius 1 is 1.12 bits per heavy atom. The molecule has 2 aliphatic rings. The summed E-state index contributed by atoms with van der Waals surface area (Å²) in [5.41, 5.74) is 1.50. The zero-order chi connectivity index (χ0) is 23.0. The smallest absolute Gasteiger partial charge is 0.318 e. The molecule has 1 aliphatic carbocycles. The predicted molar refractivity (Wildman–Crippen MR) is 126 cm³/mol. The number of nitrogens with zero attached hydrogens (tertiary/aromatic N) is 2. The third kappa shape index (κ3) is 6.60. The SMILES string of the molecule is C[C@@H](CNc1nc2ccccc2o1)NC(=O)[C@H](CC1CCCCC1)NC(=O)N1CCOCC1. The highest BCUT2D eigenvalue weighted by Crippen LogP contribution is 2.27. The van der Waals surface area contributed by atoms with Crippen molar-refractivity contribution in [3.63, 3.8) is 0 Å². The van der Waals surface area contributed by atoms with Crippen molar-refractivity contribution in [3.05, 3.63) is 24.3 Å². The number of fused-ring (bicyclic) bond motifs is 1. The molecule has 2 fully saturated rings. The van der Waals surface area contributed by atoms with Crippen molar-refractivity contribution in [1.29, 1.82) is 0 Å². The molecule has 9 heteroatoms. The number of anilines is 1. The number of para-hydroxylation sites is 2. The Kier molecular flexibility index (Phi) is 8.04. The van der Waals surface area contributed by atoms with E-state index in [1.807, 2.05) is 31.2 Å². The quantitative estimate of drug-likeness (QED) is 0.562. The van der Waals surface area contributed by atoms with E-state index in [1.165, 1.54) is 19.3 Å². The van der Waals surface area contributed by atoms with Crippen molar-refractivity contribution in [1.82, 2.24) is 20.5 Å². The molecule has 1 aromatic heterocycles. The van der Waals surface area contributed by atoms with Crippen molar-refractivity contribution >= 4 is 29.1 Å². The molecule has 0 bridgehead atoms. The monoisotopic (exact) mass is 457 g/mol. The molecule has 180 valence electrons. The van der Waals surface area contributed by atoms with Crippen LogP contribution in [0.5, 0.6) is 0 Å². The fraction of sp³-hybridized carbons (Fsp3) is 0.625. The first-order chi connectivity index (χ1) is 16.1. The zero-order valence-corrected chi connectivity index (χ0v) is 19.3. The highest BCUT2D eigenvalue weighted by atomic mass is 16.5. The van der Waals surface area contributed by atoms with Crippen LogP contribution in [-0.2, 0) is 9.53 Å². The van der Waals surface area contributed by atoms with E-state index in [4.69, 9.17) is 9.15 Å². The summed E-state index contributed by atoms with van der Waals surface area (Å²) in [5.74, 6) is 0.321. The van der Waals surface area contributed by atoms with Gasteiger partial charge in [-0.15, -0.1) is 0 Å². The van der Waals surface area contributed by atoms with Gasteiger partial charge in [0.1, 0.15) is 11.6 Å². The number of ether oxygens (including phenoxy) is 1. The first kappa shape index (κ1) is 23.4. The summed E-state index contributed by atoms with van der Waals surface area (Å²) >= 11 is 0. The second kappa shape index (κ2) is 11.4. The number of hydrogen-bond donors (Lipinski definition) is 3. The Balaban J connectivity index is 1.32. The van der Waals surface area contributed by atoms with Gasteiger partial charge in [-0.2, -0.15) is 4.98 Å². The number of urea groups is 1. The van der Waals surface area contributed by atoms with E-state index in [0.29, 0.717) is 51.2 Å². The maximum atomic E-state index is 13.2. The average molecular weight is 458 g/mol. The first-order valence-corrected chi connectivity index (χ1v) is 12.1. The van der Waals surface area contributed by atoms with Crippen LogP contribution in [0.4, 0.5) is 10.8 Å². The van der Waals surface area contributed by atoms with Gasteiger partial charge in [0.15, 0.2) is 5.58 Å². The van der Waals surface area contributed by atoms with Crippen molar-refractivity contribution in [2.75, 3.05) is 38.2 Å². The standard InChI is InChI=1S/C24H35N5O4/c1-17(16-25-23-27-19-9-5-6-10-21(19)33-23)26-22(30)20(15-18-7-3-2-4-8-18)28-24(31)29-11-13-32-14-12-29/h5-6,9-10,17-18,20H,2-4,7-8,11-16H2,1H3,(H,25,27)(H,26,30)(H,28,31)/t17-,20-/m0/s1. The lowest BCUT2D eigenvalue weighted by atomic mass is 9.84. The first-order valence-electron chi connectivity index (χ1n) is 12.1. The molecule has 3 amide bonds. The maximum absolute atomic E-state index is 13.2. The Morgan fingerprint density at radius 2 is 1.88 bits per heavy atom. The van der Waals surface area contributed by atoms with Gasteiger partial charge >= 0.3 is 6.03 Å². The van der Waals surface area contributed by atoms with Gasteiger partial charge in [-0.1, -0.05) is 44.2 Å². The normalized spacial score (nSPS) is 19.1. The van der Waals surface area contributed by atoms with E-state index in [1.54, 1.807) is 4.90 Å². The van der Waals surface area contributed by atoms with E-state index in [0.717, 1.165) is 23.9 Å². The molecule has 1 aromatic carbocycles. The van der Waals surface area contributed by atoms with Crippen LogP contribution in [0.2, 0.25) is 0 Å². The summed E-state index contributed by atoms with van der Waals surface area (Å²) in [6, 6.07) is 7.10. The average Bonchev–Trinajstić information content (AvgIpc) is 3.26. The van der Waals surface area contributed by atoms with Gasteiger partial charge < -0.3 is 30.0 Å². The lowest BCUT2D eigenvalue weighted by molar-refractivity contribution is -0.124. The molecule has 2 atom stereocenters. The minimum atomic E-state index is -0.546. The molecule has 0 radical (unpaired) electrons. The molecule has 1 saturated heterocycles. The second-order valence-corrected chi connectivity index (χ2v) is 9.12. The number of rotatable bonds is 8. The third-order valence-electron chi connectivity index (χ3n) is 6.45. The van der Waals surface area contributed by atoms with Gasteiger partial charge in [-0.3, -0.25) is 4.79 Å². The molecule has 2 heterocycles. The lowest BCUT2D eigenvalue weighted by Crippen LogP contribution is -2.55. The number of carbonyl (C=O) groups is 2. The Morgan fingerprint density at radius 3 is 2.64 bits per heavy atom. The Labute approximate surface area is 194 Å². The number of amides is 3. The maximum Gasteiger partial charge on any atom is 0.318 e. The largest absolute Gasteiger partial charge is 0.424 e. The number of benzene rings is 1. The van der Waals surface area contributed by atoms with E-state index >= 15 is 0 Å². The number of aromatic nitrogens is 1. The molecule has 0 unspecified atom stereocenters. The molecule has 4 rings (SSSR count). The van der Waals surface area contributed by atoms with Crippen molar-refractivity contribution in [3.8, 4) is 0 Å². The fourth-order valence-electron chi connectivity index (χ4n) is 4.58. The van der Waals surface area contributed by atoms with Crippen LogP contribution in [-0.4, -0.2) is 66.8 Å². The number of hydrogen-bond acceptors (Lipinski definition) is 6. The molecular formula is C24H35N5O4. The summed E-state index contributed by atoms with van der Waals surface area (Å²) in [4.78, 5) is 32.1. The van der Waals surface area contributed by atoms with Crippen LogP contribution in [0.3, 0.4) is 0 Å². The molecular weight excluding hydrogens is 422 g/mol. The molecule has 2 aromatic rings. The van der Waals surface area contributed by atoms with E-state index in [9.17, 15) is 9.59 Å². The van der Waals surface area contributed by atoms with Crippen LogP contribution in [0.15, 0.2) is 28.7 Å². The molecule has 3 N–H and O–H groups in total. The van der Waals surface area contributed by atoms with Crippen LogP contribution < -0.4 is 16.0 Å². The third-order valence-corrected chi connectivity index (χ3v) is 6.45. The van der Waals surface area contributed by atoms with Gasteiger partial charge in [-0.05, 0) is 31.4 Å². The topological polar surface area (TPSA) is 109 Å². The van der Waals surface area contributed by atoms with Crippen molar-refractivity contribution in [2.24, 2.45) is 5.92 Å². The predicted octanol–water partition coefficient (Wildman–Crippen LogP) is 3.13. The van der Waals surface area contributed by atoms with E-state index in [2.05, 4.69) is 20.9 Å². The Hall–Kier alpha value is -2.81. The van der Waals surface area contributed by atoms with Crippen molar-refractivity contribution in [2.45, 2.75) is 57.5 Å². The van der Waals surface area contributed by atoms with E-state index in [-0.39, 0.29) is 18.0 Å². The van der Waals surface area contributed by atoms with E-state index < -0.39 is 6.04 Å². The lowest BCUT2D eigenvalue weighted by Gasteiger charge is -2.31. The summed E-state index contributed by atoms with van der Waals surface area (Å²) in [6.07, 6.45) is 6.56. The van der Waals surface area contributed by atoms with Gasteiger partial charge in [0, 0.05) is 25.7 Å². The van der Waals surface area contributed by atoms with Crippen LogP contribution >= 0.6 is 0 Å². The minimum absolute atomic E-state index is 0.144. The summed E-state index contributed by atoms with van der Waals surface area (Å²) in [6.45, 7) is 4.56. The summed E-state index contributed by atoms with van der Waals surface area (Å²) < 4.78 is 11.0. The van der Waals surface area contributed by atoms with Crippen molar-refractivity contribution < 1.29 is 18.7 Å². The highest BCUT2D eigenvalue weighted by Gasteiger charge is 2.29. The zero-order valence-electron chi connectivity index (χ0n) is 19.3. The molecule has 9 nitrogen and oxygen atoms in total. The number of morpholine rings is 1. The molecule has 1 aliphatic heterocycles. The summed E-state index contributed by atoms with van der Waals surface area (Å²) in [7, 11) is 0. The second-order valence-electron chi connectivity index (χ2n) is 9.12. The Bertz CT molecular complexity index is 887. The minimum Gasteiger partial charge on any atom is -0.424 e. The van der Waals surface area contributed by atoms with Crippen LogP contribution in [0.1, 0.15) is 45.4 Å². The van der Waals surface area contributed by atoms with Gasteiger partial charge in [-0.25, -0.2) is 4.79 Å². The van der Waals surface area contributed by atoms with Crippen LogP contribution in [0.25, 0.3) is 11.1 Å². The molecule has 33 heavy (non-hydrogen) atoms. The highest BCUT2D eigenvalue weighted by molar-refractivity contribution is 5.87. The van der Waals surface area contributed by atoms with Gasteiger partial charge in [0.05, 0.1) is 13.2 Å². The molecule has 0 spiro atoms. The number of carbonyl (C=O) groups excluding carboxylic acids is 2. The van der Waals surface area contributed by atoms with Gasteiger partial charge in [0.2, 0.25) is 5.91 Å². The number of nitrogens with one attached hydrogen (secondary N) is 3.